The zero-order valence-electron chi connectivity index (χ0n) is 20.4. The molecule has 32 heavy (non-hydrogen) atoms. The van der Waals surface area contributed by atoms with Crippen LogP contribution in [-0.4, -0.2) is 28.2 Å². The summed E-state index contributed by atoms with van der Waals surface area (Å²) in [4.78, 5) is 17.0. The second-order valence-corrected chi connectivity index (χ2v) is 9.02. The predicted molar refractivity (Wildman–Crippen MR) is 133 cm³/mol. The first-order valence-corrected chi connectivity index (χ1v) is 12.6. The lowest BCUT2D eigenvalue weighted by atomic mass is 10.0. The van der Waals surface area contributed by atoms with Gasteiger partial charge in [-0.05, 0) is 45.2 Å². The molecule has 2 rings (SSSR count). The predicted octanol–water partition coefficient (Wildman–Crippen LogP) is 6.08. The Morgan fingerprint density at radius 1 is 0.969 bits per heavy atom. The maximum atomic E-state index is 12.2. The van der Waals surface area contributed by atoms with E-state index in [-0.39, 0.29) is 18.6 Å². The van der Waals surface area contributed by atoms with Crippen LogP contribution >= 0.6 is 0 Å². The molecule has 1 heterocycles. The van der Waals surface area contributed by atoms with Crippen LogP contribution in [0.2, 0.25) is 0 Å². The number of nitrogens with zero attached hydrogens (tertiary/aromatic N) is 2. The van der Waals surface area contributed by atoms with Crippen LogP contribution < -0.4 is 5.73 Å². The highest BCUT2D eigenvalue weighted by atomic mass is 16.5. The molecule has 1 aromatic carbocycles. The maximum Gasteiger partial charge on any atom is 0.326 e. The van der Waals surface area contributed by atoms with Gasteiger partial charge in [-0.15, -0.1) is 0 Å². The lowest BCUT2D eigenvalue weighted by Crippen LogP contribution is -2.18. The molecule has 0 radical (unpaired) electrons. The summed E-state index contributed by atoms with van der Waals surface area (Å²) in [5, 5.41) is 0. The molecule has 0 saturated heterocycles. The molecule has 0 spiro atoms. The van der Waals surface area contributed by atoms with Crippen molar-refractivity contribution in [1.82, 2.24) is 9.55 Å². The van der Waals surface area contributed by atoms with Crippen LogP contribution in [0.3, 0.4) is 0 Å². The van der Waals surface area contributed by atoms with Crippen molar-refractivity contribution in [1.29, 1.82) is 0 Å². The van der Waals surface area contributed by atoms with Gasteiger partial charge in [0.2, 0.25) is 0 Å². The molecule has 5 heteroatoms. The van der Waals surface area contributed by atoms with E-state index in [0.29, 0.717) is 6.54 Å². The van der Waals surface area contributed by atoms with Gasteiger partial charge in [0.15, 0.2) is 0 Å². The van der Waals surface area contributed by atoms with Crippen LogP contribution in [0, 0.1) is 0 Å². The summed E-state index contributed by atoms with van der Waals surface area (Å²) in [7, 11) is 0. The number of carbonyl (C=O) groups excluding carboxylic acids is 1. The van der Waals surface area contributed by atoms with Gasteiger partial charge in [-0.3, -0.25) is 4.79 Å². The minimum atomic E-state index is -0.237. The fourth-order valence-electron chi connectivity index (χ4n) is 3.93. The Kier molecular flexibility index (Phi) is 12.1. The smallest absolute Gasteiger partial charge is 0.326 e. The van der Waals surface area contributed by atoms with E-state index < -0.39 is 0 Å². The number of hydrogen-bond acceptors (Lipinski definition) is 4. The van der Waals surface area contributed by atoms with Crippen LogP contribution in [0.4, 0.5) is 0 Å². The van der Waals surface area contributed by atoms with Crippen molar-refractivity contribution < 1.29 is 9.53 Å². The van der Waals surface area contributed by atoms with E-state index in [1.807, 2.05) is 24.6 Å². The van der Waals surface area contributed by atoms with Crippen molar-refractivity contribution in [3.8, 4) is 11.3 Å². The lowest BCUT2D eigenvalue weighted by molar-refractivity contribution is -0.148. The molecule has 2 N–H and O–H groups in total. The monoisotopic (exact) mass is 441 g/mol. The van der Waals surface area contributed by atoms with Crippen molar-refractivity contribution in [2.24, 2.45) is 5.73 Å². The fourth-order valence-corrected chi connectivity index (χ4v) is 3.93. The molecule has 2 aromatic rings. The van der Waals surface area contributed by atoms with Crippen molar-refractivity contribution in [2.45, 2.75) is 104 Å². The van der Waals surface area contributed by atoms with Gasteiger partial charge in [-0.2, -0.15) is 0 Å². The van der Waals surface area contributed by atoms with E-state index in [9.17, 15) is 4.79 Å². The van der Waals surface area contributed by atoms with Crippen LogP contribution in [0.25, 0.3) is 11.3 Å². The molecule has 0 amide bonds. The quantitative estimate of drug-likeness (QED) is 0.253. The highest BCUT2D eigenvalue weighted by molar-refractivity contribution is 5.70. The van der Waals surface area contributed by atoms with E-state index in [1.165, 1.54) is 56.9 Å². The van der Waals surface area contributed by atoms with Crippen molar-refractivity contribution in [2.75, 3.05) is 6.54 Å². The third-order valence-corrected chi connectivity index (χ3v) is 5.70. The van der Waals surface area contributed by atoms with Gasteiger partial charge in [0.1, 0.15) is 12.4 Å². The summed E-state index contributed by atoms with van der Waals surface area (Å²) >= 11 is 0. The second kappa shape index (κ2) is 14.8. The van der Waals surface area contributed by atoms with Gasteiger partial charge in [0, 0.05) is 18.2 Å². The SMILES string of the molecule is CCCCCCCCCCc1ccc(-c2cn(CC(=O)OC(C)C)c(CCCN)n2)cc1. The highest BCUT2D eigenvalue weighted by Gasteiger charge is 2.14. The molecule has 0 fully saturated rings. The zero-order chi connectivity index (χ0) is 23.2. The average Bonchev–Trinajstić information content (AvgIpc) is 3.16. The molecule has 5 nitrogen and oxygen atoms in total. The van der Waals surface area contributed by atoms with Crippen LogP contribution in [-0.2, 0) is 28.9 Å². The van der Waals surface area contributed by atoms with Crippen molar-refractivity contribution >= 4 is 5.97 Å². The summed E-state index contributed by atoms with van der Waals surface area (Å²) in [6, 6.07) is 8.71. The molecule has 0 unspecified atom stereocenters. The van der Waals surface area contributed by atoms with Gasteiger partial charge in [0.25, 0.3) is 0 Å². The summed E-state index contributed by atoms with van der Waals surface area (Å²) in [5.74, 6) is 0.646. The Bertz CT molecular complexity index is 781. The van der Waals surface area contributed by atoms with Crippen molar-refractivity contribution in [3.63, 3.8) is 0 Å². The topological polar surface area (TPSA) is 70.1 Å². The Morgan fingerprint density at radius 2 is 1.62 bits per heavy atom. The summed E-state index contributed by atoms with van der Waals surface area (Å²) in [6.07, 6.45) is 15.3. The number of rotatable bonds is 16. The van der Waals surface area contributed by atoms with E-state index in [0.717, 1.165) is 36.3 Å². The summed E-state index contributed by atoms with van der Waals surface area (Å²) in [5.41, 5.74) is 9.04. The number of benzene rings is 1. The second-order valence-electron chi connectivity index (χ2n) is 9.02. The minimum Gasteiger partial charge on any atom is -0.462 e. The number of aryl methyl sites for hydroxylation is 2. The number of nitrogens with two attached hydrogens (primary N) is 1. The van der Waals surface area contributed by atoms with E-state index in [1.54, 1.807) is 0 Å². The average molecular weight is 442 g/mol. The molecule has 0 aliphatic carbocycles. The number of unbranched alkanes of at least 4 members (excludes halogenated alkanes) is 7. The highest BCUT2D eigenvalue weighted by Crippen LogP contribution is 2.21. The number of esters is 1. The Labute approximate surface area is 194 Å². The minimum absolute atomic E-state index is 0.119. The van der Waals surface area contributed by atoms with E-state index >= 15 is 0 Å². The number of ether oxygens (including phenoxy) is 1. The molecule has 1 aromatic heterocycles. The van der Waals surface area contributed by atoms with Crippen LogP contribution in [0.5, 0.6) is 0 Å². The number of aromatic nitrogens is 2. The van der Waals surface area contributed by atoms with E-state index in [2.05, 4.69) is 31.2 Å². The van der Waals surface area contributed by atoms with Crippen LogP contribution in [0.1, 0.15) is 89.9 Å². The number of carbonyl (C=O) groups is 1. The molecule has 0 saturated carbocycles. The first-order chi connectivity index (χ1) is 15.5. The maximum absolute atomic E-state index is 12.2. The first kappa shape index (κ1) is 26.1. The Morgan fingerprint density at radius 3 is 2.25 bits per heavy atom. The standard InChI is InChI=1S/C27H43N3O2/c1-4-5-6-7-8-9-10-11-13-23-15-17-24(18-16-23)25-20-30(21-27(31)32-22(2)3)26(29-25)14-12-19-28/h15-18,20,22H,4-14,19,21,28H2,1-3H3. The van der Waals surface area contributed by atoms with Gasteiger partial charge < -0.3 is 15.0 Å². The van der Waals surface area contributed by atoms with Gasteiger partial charge >= 0.3 is 5.97 Å². The normalized spacial score (nSPS) is 11.3. The lowest BCUT2D eigenvalue weighted by Gasteiger charge is -2.10. The van der Waals surface area contributed by atoms with Gasteiger partial charge in [-0.1, -0.05) is 76.1 Å². The third kappa shape index (κ3) is 9.56. The molecule has 0 bridgehead atoms. The summed E-state index contributed by atoms with van der Waals surface area (Å²) < 4.78 is 7.22. The summed E-state index contributed by atoms with van der Waals surface area (Å²) in [6.45, 7) is 6.78. The van der Waals surface area contributed by atoms with Gasteiger partial charge in [0.05, 0.1) is 11.8 Å². The Balaban J connectivity index is 1.91. The molecular formula is C27H43N3O2. The van der Waals surface area contributed by atoms with Gasteiger partial charge in [-0.25, -0.2) is 4.98 Å². The first-order valence-electron chi connectivity index (χ1n) is 12.6. The van der Waals surface area contributed by atoms with E-state index in [4.69, 9.17) is 15.5 Å². The van der Waals surface area contributed by atoms with Crippen molar-refractivity contribution in [3.05, 3.63) is 41.9 Å². The number of imidazole rings is 1. The molecule has 0 aliphatic heterocycles. The number of hydrogen-bond donors (Lipinski definition) is 1. The van der Waals surface area contributed by atoms with Crippen LogP contribution in [0.15, 0.2) is 30.5 Å². The molecule has 0 atom stereocenters. The Hall–Kier alpha value is -2.14. The largest absolute Gasteiger partial charge is 0.462 e. The molecule has 178 valence electrons. The fraction of sp³-hybridized carbons (Fsp3) is 0.630. The molecular weight excluding hydrogens is 398 g/mol. The molecule has 0 aliphatic rings. The third-order valence-electron chi connectivity index (χ3n) is 5.70. The zero-order valence-corrected chi connectivity index (χ0v) is 20.4.